The smallest absolute Gasteiger partial charge is 0.256 e. The van der Waals surface area contributed by atoms with Gasteiger partial charge in [0.05, 0.1) is 5.56 Å². The first-order valence-corrected chi connectivity index (χ1v) is 6.76. The number of carbonyl (C=O) groups is 1. The van der Waals surface area contributed by atoms with Crippen molar-refractivity contribution in [2.24, 2.45) is 5.92 Å². The lowest BCUT2D eigenvalue weighted by Crippen LogP contribution is -2.39. The summed E-state index contributed by atoms with van der Waals surface area (Å²) in [5, 5.41) is 9.04. The molecular weight excluding hydrogens is 301 g/mol. The maximum atomic E-state index is 13.6. The lowest BCUT2D eigenvalue weighted by molar-refractivity contribution is 0.0646. The van der Waals surface area contributed by atoms with Gasteiger partial charge in [-0.1, -0.05) is 15.9 Å². The summed E-state index contributed by atoms with van der Waals surface area (Å²) in [7, 11) is 0. The minimum atomic E-state index is -0.493. The van der Waals surface area contributed by atoms with E-state index in [0.717, 1.165) is 12.8 Å². The fourth-order valence-electron chi connectivity index (χ4n) is 2.15. The zero-order valence-corrected chi connectivity index (χ0v) is 11.5. The Kier molecular flexibility index (Phi) is 4.35. The number of amides is 1. The van der Waals surface area contributed by atoms with Crippen LogP contribution in [0.15, 0.2) is 22.7 Å². The SMILES string of the molecule is O=C(c1cc(Br)ccc1F)N1CCC(CO)CC1. The molecule has 1 saturated heterocycles. The predicted molar refractivity (Wildman–Crippen MR) is 69.8 cm³/mol. The highest BCUT2D eigenvalue weighted by Crippen LogP contribution is 2.21. The van der Waals surface area contributed by atoms with Crippen LogP contribution in [0.1, 0.15) is 23.2 Å². The lowest BCUT2D eigenvalue weighted by atomic mass is 9.97. The Morgan fingerprint density at radius 3 is 2.72 bits per heavy atom. The van der Waals surface area contributed by atoms with Gasteiger partial charge >= 0.3 is 0 Å². The zero-order valence-electron chi connectivity index (χ0n) is 9.90. The Morgan fingerprint density at radius 1 is 1.44 bits per heavy atom. The van der Waals surface area contributed by atoms with Crippen LogP contribution in [0.3, 0.4) is 0 Å². The maximum absolute atomic E-state index is 13.6. The number of piperidine rings is 1. The van der Waals surface area contributed by atoms with Crippen molar-refractivity contribution < 1.29 is 14.3 Å². The van der Waals surface area contributed by atoms with Gasteiger partial charge in [-0.3, -0.25) is 4.79 Å². The minimum Gasteiger partial charge on any atom is -0.396 e. The van der Waals surface area contributed by atoms with Crippen molar-refractivity contribution in [2.75, 3.05) is 19.7 Å². The van der Waals surface area contributed by atoms with Crippen molar-refractivity contribution in [2.45, 2.75) is 12.8 Å². The molecule has 0 aliphatic carbocycles. The number of aliphatic hydroxyl groups excluding tert-OH is 1. The average Bonchev–Trinajstić information content (AvgIpc) is 2.41. The van der Waals surface area contributed by atoms with Crippen molar-refractivity contribution in [3.63, 3.8) is 0 Å². The number of benzene rings is 1. The highest BCUT2D eigenvalue weighted by molar-refractivity contribution is 9.10. The van der Waals surface area contributed by atoms with Gasteiger partial charge in [-0.25, -0.2) is 4.39 Å². The molecule has 5 heteroatoms. The van der Waals surface area contributed by atoms with E-state index in [9.17, 15) is 9.18 Å². The summed E-state index contributed by atoms with van der Waals surface area (Å²) in [6.45, 7) is 1.32. The minimum absolute atomic E-state index is 0.104. The predicted octanol–water partition coefficient (Wildman–Crippen LogP) is 2.43. The van der Waals surface area contributed by atoms with Gasteiger partial charge in [0, 0.05) is 24.2 Å². The number of rotatable bonds is 2. The number of likely N-dealkylation sites (tertiary alicyclic amines) is 1. The standard InChI is InChI=1S/C13H15BrFNO2/c14-10-1-2-12(15)11(7-10)13(18)16-5-3-9(8-17)4-6-16/h1-2,7,9,17H,3-6,8H2. The Balaban J connectivity index is 2.10. The van der Waals surface area contributed by atoms with E-state index in [1.54, 1.807) is 11.0 Å². The second-order valence-electron chi connectivity index (χ2n) is 4.54. The van der Waals surface area contributed by atoms with Gasteiger partial charge in [-0.2, -0.15) is 0 Å². The molecule has 1 aromatic carbocycles. The third-order valence-electron chi connectivity index (χ3n) is 3.32. The summed E-state index contributed by atoms with van der Waals surface area (Å²) >= 11 is 3.24. The summed E-state index contributed by atoms with van der Waals surface area (Å²) < 4.78 is 14.3. The van der Waals surface area contributed by atoms with E-state index >= 15 is 0 Å². The van der Waals surface area contributed by atoms with Crippen molar-refractivity contribution in [3.05, 3.63) is 34.1 Å². The van der Waals surface area contributed by atoms with E-state index in [0.29, 0.717) is 17.6 Å². The van der Waals surface area contributed by atoms with Gasteiger partial charge in [0.25, 0.3) is 5.91 Å². The molecule has 0 atom stereocenters. The monoisotopic (exact) mass is 315 g/mol. The normalized spacial score (nSPS) is 16.9. The lowest BCUT2D eigenvalue weighted by Gasteiger charge is -2.31. The number of hydrogen-bond donors (Lipinski definition) is 1. The van der Waals surface area contributed by atoms with Crippen molar-refractivity contribution in [1.29, 1.82) is 0 Å². The van der Waals surface area contributed by atoms with Crippen molar-refractivity contribution in [1.82, 2.24) is 4.90 Å². The molecule has 0 spiro atoms. The molecule has 18 heavy (non-hydrogen) atoms. The van der Waals surface area contributed by atoms with Gasteiger partial charge < -0.3 is 10.0 Å². The highest BCUT2D eigenvalue weighted by atomic mass is 79.9. The molecule has 1 aliphatic heterocycles. The van der Waals surface area contributed by atoms with Gasteiger partial charge in [0.1, 0.15) is 5.82 Å². The van der Waals surface area contributed by atoms with Gasteiger partial charge in [-0.15, -0.1) is 0 Å². The number of halogens is 2. The molecule has 1 heterocycles. The van der Waals surface area contributed by atoms with Crippen LogP contribution in [0.4, 0.5) is 4.39 Å². The molecule has 0 radical (unpaired) electrons. The zero-order chi connectivity index (χ0) is 13.1. The first-order chi connectivity index (χ1) is 8.61. The van der Waals surface area contributed by atoms with E-state index in [1.807, 2.05) is 0 Å². The highest BCUT2D eigenvalue weighted by Gasteiger charge is 2.24. The van der Waals surface area contributed by atoms with E-state index < -0.39 is 5.82 Å². The van der Waals surface area contributed by atoms with E-state index in [-0.39, 0.29) is 24.0 Å². The molecule has 98 valence electrons. The molecule has 2 rings (SSSR count). The van der Waals surface area contributed by atoms with Gasteiger partial charge in [0.15, 0.2) is 0 Å². The third kappa shape index (κ3) is 2.90. The van der Waals surface area contributed by atoms with Gasteiger partial charge in [-0.05, 0) is 37.0 Å². The number of hydrogen-bond acceptors (Lipinski definition) is 2. The van der Waals surface area contributed by atoms with Gasteiger partial charge in [0.2, 0.25) is 0 Å². The molecule has 1 fully saturated rings. The van der Waals surface area contributed by atoms with Crippen LogP contribution in [0.2, 0.25) is 0 Å². The molecule has 0 bridgehead atoms. The van der Waals surface area contributed by atoms with Crippen molar-refractivity contribution >= 4 is 21.8 Å². The molecule has 0 aromatic heterocycles. The summed E-state index contributed by atoms with van der Waals surface area (Å²) in [6.07, 6.45) is 1.55. The second-order valence-corrected chi connectivity index (χ2v) is 5.46. The summed E-state index contributed by atoms with van der Waals surface area (Å²) in [6, 6.07) is 4.37. The van der Waals surface area contributed by atoms with E-state index in [1.165, 1.54) is 12.1 Å². The molecule has 1 aromatic rings. The van der Waals surface area contributed by atoms with Crippen LogP contribution >= 0.6 is 15.9 Å². The summed E-state index contributed by atoms with van der Waals surface area (Å²) in [5.74, 6) is -0.501. The molecule has 1 amide bonds. The van der Waals surface area contributed by atoms with Crippen LogP contribution in [0, 0.1) is 11.7 Å². The largest absolute Gasteiger partial charge is 0.396 e. The first-order valence-electron chi connectivity index (χ1n) is 5.97. The van der Waals surface area contributed by atoms with Crippen LogP contribution in [-0.4, -0.2) is 35.6 Å². The number of aliphatic hydroxyl groups is 1. The summed E-state index contributed by atoms with van der Waals surface area (Å²) in [5.41, 5.74) is 0.104. The van der Waals surface area contributed by atoms with Crippen LogP contribution in [-0.2, 0) is 0 Å². The number of carbonyl (C=O) groups excluding carboxylic acids is 1. The third-order valence-corrected chi connectivity index (χ3v) is 3.81. The fourth-order valence-corrected chi connectivity index (χ4v) is 2.51. The summed E-state index contributed by atoms with van der Waals surface area (Å²) in [4.78, 5) is 13.8. The molecule has 0 saturated carbocycles. The molecular formula is C13H15BrFNO2. The van der Waals surface area contributed by atoms with Crippen molar-refractivity contribution in [3.8, 4) is 0 Å². The molecule has 1 N–H and O–H groups in total. The van der Waals surface area contributed by atoms with Crippen LogP contribution in [0.25, 0.3) is 0 Å². The Labute approximate surface area is 114 Å². The second kappa shape index (κ2) is 5.80. The van der Waals surface area contributed by atoms with Crippen LogP contribution < -0.4 is 0 Å². The Bertz CT molecular complexity index is 445. The van der Waals surface area contributed by atoms with E-state index in [2.05, 4.69) is 15.9 Å². The quantitative estimate of drug-likeness (QED) is 0.910. The number of nitrogens with zero attached hydrogens (tertiary/aromatic N) is 1. The Morgan fingerprint density at radius 2 is 2.11 bits per heavy atom. The molecule has 1 aliphatic rings. The van der Waals surface area contributed by atoms with Crippen LogP contribution in [0.5, 0.6) is 0 Å². The Hall–Kier alpha value is -0.940. The molecule has 0 unspecified atom stereocenters. The average molecular weight is 316 g/mol. The van der Waals surface area contributed by atoms with E-state index in [4.69, 9.17) is 5.11 Å². The fraction of sp³-hybridized carbons (Fsp3) is 0.462. The molecule has 3 nitrogen and oxygen atoms in total. The topological polar surface area (TPSA) is 40.5 Å². The first kappa shape index (κ1) is 13.5. The maximum Gasteiger partial charge on any atom is 0.256 e.